The monoisotopic (exact) mass is 425 g/mol. The maximum Gasteiger partial charge on any atom is 0.267 e. The first-order chi connectivity index (χ1) is 11.2. The minimum Gasteiger partial charge on any atom is -0.548 e. The molecule has 2 aliphatic heterocycles. The quantitative estimate of drug-likeness (QED) is 0.521. The van der Waals surface area contributed by atoms with E-state index in [9.17, 15) is 19.5 Å². The number of aliphatic carboxylic acids is 1. The molecule has 3 rings (SSSR count). The fourth-order valence-electron chi connectivity index (χ4n) is 2.58. The van der Waals surface area contributed by atoms with Crippen molar-refractivity contribution < 1.29 is 19.5 Å². The topological polar surface area (TPSA) is 80.7 Å². The second kappa shape index (κ2) is 5.98. The van der Waals surface area contributed by atoms with Crippen molar-refractivity contribution in [1.82, 2.24) is 4.90 Å². The van der Waals surface area contributed by atoms with Gasteiger partial charge in [0.15, 0.2) is 0 Å². The number of hydrogen-bond donors (Lipinski definition) is 0. The van der Waals surface area contributed by atoms with E-state index in [4.69, 9.17) is 12.2 Å². The van der Waals surface area contributed by atoms with E-state index in [0.29, 0.717) is 11.3 Å². The Morgan fingerprint density at radius 2 is 2.00 bits per heavy atom. The largest absolute Gasteiger partial charge is 0.548 e. The van der Waals surface area contributed by atoms with Crippen molar-refractivity contribution in [2.24, 2.45) is 0 Å². The predicted molar refractivity (Wildman–Crippen MR) is 96.0 cm³/mol. The number of halogens is 1. The molecule has 0 aromatic heterocycles. The molecule has 1 atom stereocenters. The Kier molecular flexibility index (Phi) is 4.27. The van der Waals surface area contributed by atoms with Crippen molar-refractivity contribution >= 4 is 73.3 Å². The zero-order valence-electron chi connectivity index (χ0n) is 12.5. The lowest BCUT2D eigenvalue weighted by molar-refractivity contribution is -0.309. The molecule has 0 N–H and O–H groups in total. The molecule has 1 unspecified atom stereocenters. The van der Waals surface area contributed by atoms with Gasteiger partial charge in [-0.05, 0) is 25.1 Å². The van der Waals surface area contributed by atoms with Crippen LogP contribution in [0.2, 0.25) is 0 Å². The van der Waals surface area contributed by atoms with Gasteiger partial charge in [0, 0.05) is 17.1 Å². The summed E-state index contributed by atoms with van der Waals surface area (Å²) in [6.45, 7) is 1.32. The molecule has 1 saturated heterocycles. The third-order valence-corrected chi connectivity index (χ3v) is 5.76. The molecule has 24 heavy (non-hydrogen) atoms. The van der Waals surface area contributed by atoms with Crippen LogP contribution in [0, 0.1) is 0 Å². The van der Waals surface area contributed by atoms with Crippen LogP contribution in [0.3, 0.4) is 0 Å². The van der Waals surface area contributed by atoms with Crippen LogP contribution < -0.4 is 10.0 Å². The number of carboxylic acids is 1. The Morgan fingerprint density at radius 1 is 1.33 bits per heavy atom. The Labute approximate surface area is 155 Å². The van der Waals surface area contributed by atoms with E-state index in [1.165, 1.54) is 11.8 Å². The van der Waals surface area contributed by atoms with Crippen molar-refractivity contribution in [2.75, 3.05) is 11.9 Å². The van der Waals surface area contributed by atoms with E-state index in [-0.39, 0.29) is 20.7 Å². The Morgan fingerprint density at radius 3 is 2.62 bits per heavy atom. The summed E-state index contributed by atoms with van der Waals surface area (Å²) in [5.74, 6) is -2.33. The molecule has 1 aromatic carbocycles. The molecule has 0 saturated carbocycles. The Bertz CT molecular complexity index is 852. The molecule has 0 radical (unpaired) electrons. The van der Waals surface area contributed by atoms with Crippen molar-refractivity contribution in [1.29, 1.82) is 0 Å². The number of anilines is 1. The number of rotatable bonds is 2. The third-order valence-electron chi connectivity index (χ3n) is 3.86. The first-order valence-corrected chi connectivity index (χ1v) is 8.84. The van der Waals surface area contributed by atoms with Gasteiger partial charge in [-0.3, -0.25) is 14.5 Å². The van der Waals surface area contributed by atoms with Gasteiger partial charge < -0.3 is 14.8 Å². The molecule has 9 heteroatoms. The minimum absolute atomic E-state index is 0.0955. The average Bonchev–Trinajstić information content (AvgIpc) is 2.93. The van der Waals surface area contributed by atoms with Gasteiger partial charge in [-0.1, -0.05) is 39.9 Å². The van der Waals surface area contributed by atoms with Gasteiger partial charge in [0.05, 0.1) is 28.2 Å². The number of likely N-dealkylation sites (N-methyl/N-ethyl adjacent to an activating group) is 1. The molecule has 0 aliphatic carbocycles. The fraction of sp³-hybridized carbons (Fsp3) is 0.200. The fourth-order valence-corrected chi connectivity index (χ4v) is 4.43. The standard InChI is InChI=1S/C15H11BrN2O4S2/c1-6(14(21)22)18-13(20)11(24-15(18)23)10-8-5-7(16)3-4-9(8)17(2)12(10)19/h3-6H,1-2H3,(H,21,22)/p-1. The number of thioether (sulfide) groups is 1. The van der Waals surface area contributed by atoms with Crippen molar-refractivity contribution in [2.45, 2.75) is 13.0 Å². The number of nitrogens with zero attached hydrogens (tertiary/aromatic N) is 2. The lowest BCUT2D eigenvalue weighted by atomic mass is 10.1. The molecule has 0 bridgehead atoms. The highest BCUT2D eigenvalue weighted by Crippen LogP contribution is 2.45. The molecule has 2 amide bonds. The second-order valence-corrected chi connectivity index (χ2v) is 7.83. The smallest absolute Gasteiger partial charge is 0.267 e. The maximum absolute atomic E-state index is 12.7. The van der Waals surface area contributed by atoms with Crippen LogP contribution in [0.1, 0.15) is 12.5 Å². The van der Waals surface area contributed by atoms with Crippen LogP contribution in [-0.2, 0) is 14.4 Å². The number of carboxylic acid groups (broad SMARTS) is 1. The number of amides is 2. The van der Waals surface area contributed by atoms with Gasteiger partial charge in [0.1, 0.15) is 4.32 Å². The van der Waals surface area contributed by atoms with Crippen LogP contribution in [0.15, 0.2) is 27.6 Å². The van der Waals surface area contributed by atoms with Crippen LogP contribution in [0.25, 0.3) is 5.57 Å². The highest BCUT2D eigenvalue weighted by atomic mass is 79.9. The second-order valence-electron chi connectivity index (χ2n) is 5.27. The predicted octanol–water partition coefficient (Wildman–Crippen LogP) is 1.14. The molecule has 0 spiro atoms. The van der Waals surface area contributed by atoms with E-state index in [1.807, 2.05) is 0 Å². The third kappa shape index (κ3) is 2.47. The summed E-state index contributed by atoms with van der Waals surface area (Å²) in [6, 6.07) is 4.12. The molecule has 6 nitrogen and oxygen atoms in total. The van der Waals surface area contributed by atoms with E-state index < -0.39 is 17.9 Å². The summed E-state index contributed by atoms with van der Waals surface area (Å²) >= 11 is 9.42. The number of hydrogen-bond acceptors (Lipinski definition) is 6. The number of benzene rings is 1. The maximum atomic E-state index is 12.7. The van der Waals surface area contributed by atoms with Crippen molar-refractivity contribution in [3.63, 3.8) is 0 Å². The van der Waals surface area contributed by atoms with Gasteiger partial charge in [-0.2, -0.15) is 0 Å². The van der Waals surface area contributed by atoms with Crippen molar-refractivity contribution in [3.05, 3.63) is 33.1 Å². The molecular weight excluding hydrogens is 416 g/mol. The highest BCUT2D eigenvalue weighted by molar-refractivity contribution is 9.10. The Balaban J connectivity index is 2.16. The lowest BCUT2D eigenvalue weighted by Gasteiger charge is -2.23. The lowest BCUT2D eigenvalue weighted by Crippen LogP contribution is -2.48. The number of thiocarbonyl (C=S) groups is 1. The van der Waals surface area contributed by atoms with Crippen LogP contribution in [0.4, 0.5) is 5.69 Å². The first kappa shape index (κ1) is 17.1. The molecular formula is C15H10BrN2O4S2-. The van der Waals surface area contributed by atoms with Gasteiger partial charge in [-0.15, -0.1) is 0 Å². The normalized spacial score (nSPS) is 21.5. The van der Waals surface area contributed by atoms with Crippen LogP contribution in [-0.4, -0.2) is 40.1 Å². The summed E-state index contributed by atoms with van der Waals surface area (Å²) in [5.41, 5.74) is 1.52. The van der Waals surface area contributed by atoms with Crippen LogP contribution in [0.5, 0.6) is 0 Å². The van der Waals surface area contributed by atoms with E-state index in [0.717, 1.165) is 21.1 Å². The highest BCUT2D eigenvalue weighted by Gasteiger charge is 2.42. The number of carbonyl (C=O) groups excluding carboxylic acids is 3. The SMILES string of the molecule is CC(C(=O)[O-])N1C(=O)C(=C2C(=O)N(C)c3ccc(Br)cc32)SC1=S. The van der Waals surface area contributed by atoms with E-state index in [2.05, 4.69) is 15.9 Å². The summed E-state index contributed by atoms with van der Waals surface area (Å²) in [5, 5.41) is 11.1. The van der Waals surface area contributed by atoms with E-state index in [1.54, 1.807) is 25.2 Å². The summed E-state index contributed by atoms with van der Waals surface area (Å²) in [7, 11) is 1.62. The molecule has 1 aromatic rings. The van der Waals surface area contributed by atoms with E-state index >= 15 is 0 Å². The first-order valence-electron chi connectivity index (χ1n) is 6.82. The summed E-state index contributed by atoms with van der Waals surface area (Å²) in [4.78, 5) is 39.0. The van der Waals surface area contributed by atoms with Gasteiger partial charge in [-0.25, -0.2) is 0 Å². The van der Waals surface area contributed by atoms with Gasteiger partial charge >= 0.3 is 0 Å². The Hall–Kier alpha value is -1.71. The van der Waals surface area contributed by atoms with Crippen molar-refractivity contribution in [3.8, 4) is 0 Å². The summed E-state index contributed by atoms with van der Waals surface area (Å²) in [6.07, 6.45) is 0. The van der Waals surface area contributed by atoms with Crippen LogP contribution >= 0.6 is 39.9 Å². The zero-order valence-corrected chi connectivity index (χ0v) is 15.8. The average molecular weight is 426 g/mol. The minimum atomic E-state index is -1.41. The molecule has 2 aliphatic rings. The number of carbonyl (C=O) groups is 3. The molecule has 124 valence electrons. The van der Waals surface area contributed by atoms with Gasteiger partial charge in [0.25, 0.3) is 11.8 Å². The van der Waals surface area contributed by atoms with Gasteiger partial charge in [0.2, 0.25) is 0 Å². The number of fused-ring (bicyclic) bond motifs is 1. The zero-order chi connectivity index (χ0) is 17.8. The molecule has 1 fully saturated rings. The summed E-state index contributed by atoms with van der Waals surface area (Å²) < 4.78 is 0.860. The molecule has 2 heterocycles.